The van der Waals surface area contributed by atoms with Crippen LogP contribution in [0.5, 0.6) is 5.75 Å². The maximum Gasteiger partial charge on any atom is 0.331 e. The Balaban J connectivity index is 1.47. The van der Waals surface area contributed by atoms with Gasteiger partial charge in [-0.3, -0.25) is 4.79 Å². The molecule has 0 aromatic heterocycles. The number of benzene rings is 2. The van der Waals surface area contributed by atoms with Crippen LogP contribution in [0, 0.1) is 0 Å². The first-order valence-electron chi connectivity index (χ1n) is 9.82. The Bertz CT molecular complexity index is 1090. The summed E-state index contributed by atoms with van der Waals surface area (Å²) >= 11 is 5.82. The summed E-state index contributed by atoms with van der Waals surface area (Å²) in [5.41, 5.74) is 0.755. The molecule has 0 radical (unpaired) electrons. The van der Waals surface area contributed by atoms with Crippen LogP contribution in [0.25, 0.3) is 6.08 Å². The van der Waals surface area contributed by atoms with E-state index >= 15 is 0 Å². The number of nitrogens with zero attached hydrogens (tertiary/aromatic N) is 2. The van der Waals surface area contributed by atoms with Gasteiger partial charge in [-0.05, 0) is 48.0 Å². The zero-order valence-corrected chi connectivity index (χ0v) is 19.0. The van der Waals surface area contributed by atoms with Crippen LogP contribution in [0.15, 0.2) is 59.5 Å². The number of carbonyl (C=O) groups is 2. The van der Waals surface area contributed by atoms with Crippen LogP contribution in [-0.4, -0.2) is 69.4 Å². The number of halogens is 1. The van der Waals surface area contributed by atoms with Crippen molar-refractivity contribution in [2.24, 2.45) is 0 Å². The number of hydrogen-bond donors (Lipinski definition) is 0. The Morgan fingerprint density at radius 2 is 1.75 bits per heavy atom. The highest BCUT2D eigenvalue weighted by molar-refractivity contribution is 7.89. The van der Waals surface area contributed by atoms with Crippen molar-refractivity contribution in [3.05, 3.63) is 65.2 Å². The molecule has 0 bridgehead atoms. The van der Waals surface area contributed by atoms with Crippen molar-refractivity contribution in [3.63, 3.8) is 0 Å². The first-order valence-corrected chi connectivity index (χ1v) is 11.6. The van der Waals surface area contributed by atoms with Crippen molar-refractivity contribution in [2.45, 2.75) is 4.90 Å². The van der Waals surface area contributed by atoms with Crippen LogP contribution in [-0.2, 0) is 24.3 Å². The van der Waals surface area contributed by atoms with E-state index in [1.54, 1.807) is 37.5 Å². The van der Waals surface area contributed by atoms with E-state index in [9.17, 15) is 18.0 Å². The zero-order chi connectivity index (χ0) is 23.1. The lowest BCUT2D eigenvalue weighted by atomic mass is 10.2. The summed E-state index contributed by atoms with van der Waals surface area (Å²) in [6.45, 7) is 0.317. The SMILES string of the molecule is COc1cccc(/C=C/C(=O)OCC(=O)N2CCN(S(=O)(=O)c3ccc(Cl)cc3)CC2)c1. The number of carbonyl (C=O) groups excluding carboxylic acids is 2. The highest BCUT2D eigenvalue weighted by Gasteiger charge is 2.30. The van der Waals surface area contributed by atoms with E-state index in [0.717, 1.165) is 5.56 Å². The second-order valence-electron chi connectivity index (χ2n) is 6.96. The lowest BCUT2D eigenvalue weighted by Gasteiger charge is -2.33. The van der Waals surface area contributed by atoms with E-state index in [1.165, 1.54) is 39.5 Å². The fourth-order valence-corrected chi connectivity index (χ4v) is 4.66. The van der Waals surface area contributed by atoms with Gasteiger partial charge in [0.1, 0.15) is 5.75 Å². The number of rotatable bonds is 7. The first-order chi connectivity index (χ1) is 15.3. The largest absolute Gasteiger partial charge is 0.497 e. The van der Waals surface area contributed by atoms with Gasteiger partial charge in [0.05, 0.1) is 12.0 Å². The van der Waals surface area contributed by atoms with Crippen LogP contribution in [0.3, 0.4) is 0 Å². The number of methoxy groups -OCH3 is 1. The lowest BCUT2D eigenvalue weighted by Crippen LogP contribution is -2.51. The Labute approximate surface area is 192 Å². The van der Waals surface area contributed by atoms with E-state index in [1.807, 2.05) is 0 Å². The minimum absolute atomic E-state index is 0.151. The standard InChI is InChI=1S/C22H23ClN2O6S/c1-30-19-4-2-3-17(15-19)5-10-22(27)31-16-21(26)24-11-13-25(14-12-24)32(28,29)20-8-6-18(23)7-9-20/h2-10,15H,11-14,16H2,1H3/b10-5+. The van der Waals surface area contributed by atoms with Gasteiger partial charge in [0.2, 0.25) is 10.0 Å². The van der Waals surface area contributed by atoms with Gasteiger partial charge in [0, 0.05) is 37.3 Å². The maximum absolute atomic E-state index is 12.7. The Hall–Kier alpha value is -2.88. The summed E-state index contributed by atoms with van der Waals surface area (Å²) in [5, 5.41) is 0.451. The number of amides is 1. The summed E-state index contributed by atoms with van der Waals surface area (Å²) in [7, 11) is -2.11. The predicted molar refractivity (Wildman–Crippen MR) is 120 cm³/mol. The number of esters is 1. The zero-order valence-electron chi connectivity index (χ0n) is 17.4. The summed E-state index contributed by atoms with van der Waals surface area (Å²) < 4.78 is 36.9. The van der Waals surface area contributed by atoms with E-state index in [2.05, 4.69) is 0 Å². The van der Waals surface area contributed by atoms with Crippen LogP contribution in [0.1, 0.15) is 5.56 Å². The topological polar surface area (TPSA) is 93.2 Å². The van der Waals surface area contributed by atoms with E-state index in [-0.39, 0.29) is 37.0 Å². The Morgan fingerprint density at radius 3 is 2.41 bits per heavy atom. The molecule has 1 aliphatic rings. The molecule has 0 aliphatic carbocycles. The number of piperazine rings is 1. The molecule has 3 rings (SSSR count). The fourth-order valence-electron chi connectivity index (χ4n) is 3.12. The molecule has 1 fully saturated rings. The summed E-state index contributed by atoms with van der Waals surface area (Å²) in [5.74, 6) is -0.366. The van der Waals surface area contributed by atoms with Crippen molar-refractivity contribution in [2.75, 3.05) is 39.9 Å². The molecule has 1 heterocycles. The van der Waals surface area contributed by atoms with Gasteiger partial charge in [-0.2, -0.15) is 4.31 Å². The smallest absolute Gasteiger partial charge is 0.331 e. The van der Waals surface area contributed by atoms with Crippen molar-refractivity contribution < 1.29 is 27.5 Å². The highest BCUT2D eigenvalue weighted by atomic mass is 35.5. The summed E-state index contributed by atoms with van der Waals surface area (Å²) in [6, 6.07) is 13.1. The monoisotopic (exact) mass is 478 g/mol. The van der Waals surface area contributed by atoms with Gasteiger partial charge >= 0.3 is 5.97 Å². The molecule has 2 aromatic carbocycles. The molecule has 8 nitrogen and oxygen atoms in total. The van der Waals surface area contributed by atoms with Crippen molar-refractivity contribution in [1.82, 2.24) is 9.21 Å². The van der Waals surface area contributed by atoms with E-state index in [0.29, 0.717) is 10.8 Å². The van der Waals surface area contributed by atoms with Gasteiger partial charge in [0.25, 0.3) is 5.91 Å². The minimum Gasteiger partial charge on any atom is -0.497 e. The first kappa shape index (κ1) is 23.8. The van der Waals surface area contributed by atoms with Crippen molar-refractivity contribution in [3.8, 4) is 5.75 Å². The van der Waals surface area contributed by atoms with Gasteiger partial charge in [-0.15, -0.1) is 0 Å². The molecule has 1 saturated heterocycles. The van der Waals surface area contributed by atoms with Crippen molar-refractivity contribution in [1.29, 1.82) is 0 Å². The minimum atomic E-state index is -3.66. The molecule has 0 unspecified atom stereocenters. The van der Waals surface area contributed by atoms with Gasteiger partial charge in [-0.25, -0.2) is 13.2 Å². The van der Waals surface area contributed by atoms with Crippen LogP contribution >= 0.6 is 11.6 Å². The highest BCUT2D eigenvalue weighted by Crippen LogP contribution is 2.20. The molecule has 2 aromatic rings. The van der Waals surface area contributed by atoms with Gasteiger partial charge in [0.15, 0.2) is 6.61 Å². The average molecular weight is 479 g/mol. The molecule has 0 atom stereocenters. The molecular formula is C22H23ClN2O6S. The third kappa shape index (κ3) is 6.09. The molecule has 1 aliphatic heterocycles. The average Bonchev–Trinajstić information content (AvgIpc) is 2.81. The Morgan fingerprint density at radius 1 is 1.06 bits per heavy atom. The van der Waals surface area contributed by atoms with Crippen LogP contribution in [0.4, 0.5) is 0 Å². The quantitative estimate of drug-likeness (QED) is 0.448. The van der Waals surface area contributed by atoms with E-state index in [4.69, 9.17) is 21.1 Å². The molecule has 0 spiro atoms. The second kappa shape index (κ2) is 10.6. The maximum atomic E-state index is 12.7. The number of sulfonamides is 1. The van der Waals surface area contributed by atoms with Gasteiger partial charge in [-0.1, -0.05) is 23.7 Å². The molecule has 32 heavy (non-hydrogen) atoms. The molecule has 1 amide bonds. The molecular weight excluding hydrogens is 456 g/mol. The van der Waals surface area contributed by atoms with Crippen LogP contribution < -0.4 is 4.74 Å². The predicted octanol–water partition coefficient (Wildman–Crippen LogP) is 2.44. The Kier molecular flexibility index (Phi) is 7.89. The van der Waals surface area contributed by atoms with Crippen molar-refractivity contribution >= 4 is 39.6 Å². The van der Waals surface area contributed by atoms with Crippen LogP contribution in [0.2, 0.25) is 5.02 Å². The third-order valence-corrected chi connectivity index (χ3v) is 7.05. The number of hydrogen-bond acceptors (Lipinski definition) is 6. The summed E-state index contributed by atoms with van der Waals surface area (Å²) in [6.07, 6.45) is 2.80. The molecule has 0 saturated carbocycles. The molecule has 170 valence electrons. The molecule has 10 heteroatoms. The lowest BCUT2D eigenvalue weighted by molar-refractivity contribution is -0.148. The fraction of sp³-hybridized carbons (Fsp3) is 0.273. The summed E-state index contributed by atoms with van der Waals surface area (Å²) in [4.78, 5) is 25.9. The number of ether oxygens (including phenoxy) is 2. The molecule has 0 N–H and O–H groups in total. The van der Waals surface area contributed by atoms with Gasteiger partial charge < -0.3 is 14.4 Å². The normalized spacial score (nSPS) is 15.0. The second-order valence-corrected chi connectivity index (χ2v) is 9.33. The van der Waals surface area contributed by atoms with E-state index < -0.39 is 22.6 Å². The third-order valence-electron chi connectivity index (χ3n) is 4.89.